The fraction of sp³-hybridized carbons (Fsp3) is 0.562. The fourth-order valence-corrected chi connectivity index (χ4v) is 5.31. The van der Waals surface area contributed by atoms with Crippen LogP contribution in [0, 0.1) is 5.41 Å². The molecule has 2 rings (SSSR count). The van der Waals surface area contributed by atoms with Gasteiger partial charge < -0.3 is 5.32 Å². The highest BCUT2D eigenvalue weighted by Gasteiger charge is 2.88. The van der Waals surface area contributed by atoms with Crippen LogP contribution in [0.4, 0.5) is 0 Å². The predicted octanol–water partition coefficient (Wildman–Crippen LogP) is 5.49. The molecule has 6 heteroatoms. The van der Waals surface area contributed by atoms with Gasteiger partial charge in [0.1, 0.15) is 0 Å². The zero-order chi connectivity index (χ0) is 16.8. The van der Waals surface area contributed by atoms with Crippen LogP contribution in [-0.4, -0.2) is 15.1 Å². The summed E-state index contributed by atoms with van der Waals surface area (Å²) < 4.78 is -1.26. The molecule has 1 amide bonds. The molecule has 2 unspecified atom stereocenters. The van der Waals surface area contributed by atoms with Crippen molar-refractivity contribution in [3.8, 4) is 0 Å². The maximum Gasteiger partial charge on any atom is 0.245 e. The molecule has 2 nitrogen and oxygen atoms in total. The van der Waals surface area contributed by atoms with Gasteiger partial charge in [0.2, 0.25) is 5.91 Å². The van der Waals surface area contributed by atoms with Crippen molar-refractivity contribution >= 4 is 52.3 Å². The summed E-state index contributed by atoms with van der Waals surface area (Å²) in [4.78, 5) is 11.4. The third kappa shape index (κ3) is 2.34. The second kappa shape index (κ2) is 6.05. The standard InChI is InChI=1S/C16H19Cl4NO/c1-4-14(5-2)15(18,16(14,19)20)13(22)21-10(3)11-6-8-12(17)9-7-11/h6-10H,4-5H2,1-3H3,(H,21,22). The van der Waals surface area contributed by atoms with E-state index in [4.69, 9.17) is 46.4 Å². The Labute approximate surface area is 151 Å². The molecule has 122 valence electrons. The predicted molar refractivity (Wildman–Crippen MR) is 94.0 cm³/mol. The highest BCUT2D eigenvalue weighted by atomic mass is 35.5. The number of halogens is 4. The van der Waals surface area contributed by atoms with Gasteiger partial charge in [-0.3, -0.25) is 4.79 Å². The van der Waals surface area contributed by atoms with E-state index in [1.54, 1.807) is 12.1 Å². The molecule has 22 heavy (non-hydrogen) atoms. The Hall–Kier alpha value is -0.150. The van der Waals surface area contributed by atoms with Gasteiger partial charge in [0, 0.05) is 10.4 Å². The molecule has 0 heterocycles. The summed E-state index contributed by atoms with van der Waals surface area (Å²) in [5, 5.41) is 3.56. The number of amides is 1. The summed E-state index contributed by atoms with van der Waals surface area (Å²) in [6.07, 6.45) is 1.28. The van der Waals surface area contributed by atoms with Crippen LogP contribution in [0.5, 0.6) is 0 Å². The monoisotopic (exact) mass is 381 g/mol. The van der Waals surface area contributed by atoms with Crippen LogP contribution in [0.15, 0.2) is 24.3 Å². The quantitative estimate of drug-likeness (QED) is 0.670. The van der Waals surface area contributed by atoms with Crippen LogP contribution in [0.25, 0.3) is 0 Å². The van der Waals surface area contributed by atoms with Gasteiger partial charge in [0.05, 0.1) is 6.04 Å². The molecule has 1 aliphatic carbocycles. The molecule has 2 atom stereocenters. The lowest BCUT2D eigenvalue weighted by Crippen LogP contribution is -2.39. The van der Waals surface area contributed by atoms with E-state index in [1.807, 2.05) is 32.9 Å². The molecule has 0 spiro atoms. The molecule has 0 bridgehead atoms. The second-order valence-electron chi connectivity index (χ2n) is 5.77. The van der Waals surface area contributed by atoms with E-state index < -0.39 is 14.6 Å². The number of carbonyl (C=O) groups excluding carboxylic acids is 1. The molecule has 1 fully saturated rings. The minimum absolute atomic E-state index is 0.212. The summed E-state index contributed by atoms with van der Waals surface area (Å²) in [6.45, 7) is 5.78. The number of hydrogen-bond donors (Lipinski definition) is 1. The van der Waals surface area contributed by atoms with Gasteiger partial charge in [-0.1, -0.05) is 60.8 Å². The number of nitrogens with one attached hydrogen (secondary N) is 1. The van der Waals surface area contributed by atoms with Crippen LogP contribution in [0.3, 0.4) is 0 Å². The minimum atomic E-state index is -1.30. The Morgan fingerprint density at radius 1 is 1.14 bits per heavy atom. The maximum atomic E-state index is 12.7. The number of hydrogen-bond acceptors (Lipinski definition) is 1. The van der Waals surface area contributed by atoms with Gasteiger partial charge in [-0.05, 0) is 37.5 Å². The smallest absolute Gasteiger partial charge is 0.245 e. The summed E-state index contributed by atoms with van der Waals surface area (Å²) in [7, 11) is 0. The summed E-state index contributed by atoms with van der Waals surface area (Å²) >= 11 is 25.2. The average Bonchev–Trinajstić information content (AvgIpc) is 2.88. The van der Waals surface area contributed by atoms with Crippen molar-refractivity contribution in [3.05, 3.63) is 34.9 Å². The highest BCUT2D eigenvalue weighted by Crippen LogP contribution is 2.78. The highest BCUT2D eigenvalue weighted by molar-refractivity contribution is 6.63. The Bertz CT molecular complexity index is 568. The molecule has 0 radical (unpaired) electrons. The first-order valence-corrected chi connectivity index (χ1v) is 8.82. The van der Waals surface area contributed by atoms with Gasteiger partial charge in [-0.2, -0.15) is 0 Å². The van der Waals surface area contributed by atoms with Crippen LogP contribution >= 0.6 is 46.4 Å². The largest absolute Gasteiger partial charge is 0.348 e. The topological polar surface area (TPSA) is 29.1 Å². The van der Waals surface area contributed by atoms with Crippen molar-refractivity contribution in [3.63, 3.8) is 0 Å². The van der Waals surface area contributed by atoms with Crippen molar-refractivity contribution in [2.24, 2.45) is 5.41 Å². The van der Waals surface area contributed by atoms with E-state index in [9.17, 15) is 4.79 Å². The van der Waals surface area contributed by atoms with Crippen LogP contribution in [0.2, 0.25) is 5.02 Å². The van der Waals surface area contributed by atoms with E-state index in [1.165, 1.54) is 0 Å². The molecule has 1 aromatic carbocycles. The first-order valence-electron chi connectivity index (χ1n) is 7.31. The first-order chi connectivity index (χ1) is 10.2. The van der Waals surface area contributed by atoms with Gasteiger partial charge in [-0.15, -0.1) is 11.6 Å². The Morgan fingerprint density at radius 3 is 2.05 bits per heavy atom. The molecular weight excluding hydrogens is 364 g/mol. The number of rotatable bonds is 5. The molecule has 1 N–H and O–H groups in total. The van der Waals surface area contributed by atoms with E-state index in [-0.39, 0.29) is 11.9 Å². The fourth-order valence-electron chi connectivity index (χ4n) is 3.23. The number of alkyl halides is 3. The molecule has 1 saturated carbocycles. The van der Waals surface area contributed by atoms with Crippen LogP contribution in [-0.2, 0) is 4.79 Å². The van der Waals surface area contributed by atoms with E-state index in [0.29, 0.717) is 17.9 Å². The average molecular weight is 383 g/mol. The lowest BCUT2D eigenvalue weighted by Gasteiger charge is -2.20. The second-order valence-corrected chi connectivity index (χ2v) is 8.10. The Kier molecular flexibility index (Phi) is 5.00. The van der Waals surface area contributed by atoms with Crippen LogP contribution in [0.1, 0.15) is 45.2 Å². The van der Waals surface area contributed by atoms with Gasteiger partial charge >= 0.3 is 0 Å². The Balaban J connectivity index is 2.17. The van der Waals surface area contributed by atoms with Gasteiger partial charge in [-0.25, -0.2) is 0 Å². The molecule has 0 aliphatic heterocycles. The molecule has 1 aromatic rings. The zero-order valence-electron chi connectivity index (χ0n) is 12.7. The van der Waals surface area contributed by atoms with Crippen molar-refractivity contribution in [2.75, 3.05) is 0 Å². The van der Waals surface area contributed by atoms with Crippen molar-refractivity contribution in [2.45, 2.75) is 48.9 Å². The van der Waals surface area contributed by atoms with Gasteiger partial charge in [0.25, 0.3) is 0 Å². The number of carbonyl (C=O) groups is 1. The zero-order valence-corrected chi connectivity index (χ0v) is 15.7. The summed E-state index contributed by atoms with van der Waals surface area (Å²) in [5.41, 5.74) is 0.334. The van der Waals surface area contributed by atoms with E-state index >= 15 is 0 Å². The molecule has 1 aliphatic rings. The van der Waals surface area contributed by atoms with E-state index in [0.717, 1.165) is 5.56 Å². The summed E-state index contributed by atoms with van der Waals surface area (Å²) in [6, 6.07) is 7.08. The minimum Gasteiger partial charge on any atom is -0.348 e. The third-order valence-corrected chi connectivity index (χ3v) is 7.42. The van der Waals surface area contributed by atoms with Crippen molar-refractivity contribution in [1.29, 1.82) is 0 Å². The number of benzene rings is 1. The van der Waals surface area contributed by atoms with E-state index in [2.05, 4.69) is 5.32 Å². The lowest BCUT2D eigenvalue weighted by atomic mass is 9.96. The SMILES string of the molecule is CCC1(CC)C(Cl)(Cl)C1(Cl)C(=O)NC(C)c1ccc(Cl)cc1. The normalized spacial score (nSPS) is 26.3. The first kappa shape index (κ1) is 18.2. The molecule has 0 aromatic heterocycles. The lowest BCUT2D eigenvalue weighted by molar-refractivity contribution is -0.122. The Morgan fingerprint density at radius 2 is 1.64 bits per heavy atom. The third-order valence-electron chi connectivity index (χ3n) is 4.87. The van der Waals surface area contributed by atoms with Crippen molar-refractivity contribution in [1.82, 2.24) is 5.32 Å². The molecule has 0 saturated heterocycles. The maximum absolute atomic E-state index is 12.7. The van der Waals surface area contributed by atoms with Crippen LogP contribution < -0.4 is 5.32 Å². The molecular formula is C16H19Cl4NO. The van der Waals surface area contributed by atoms with Crippen molar-refractivity contribution < 1.29 is 4.79 Å². The van der Waals surface area contributed by atoms with Gasteiger partial charge in [0.15, 0.2) is 9.21 Å². The summed E-state index contributed by atoms with van der Waals surface area (Å²) in [5.74, 6) is -0.328.